The summed E-state index contributed by atoms with van der Waals surface area (Å²) in [4.78, 5) is 32.4. The van der Waals surface area contributed by atoms with Gasteiger partial charge in [-0.15, -0.1) is 0 Å². The summed E-state index contributed by atoms with van der Waals surface area (Å²) >= 11 is 0. The molecule has 0 radical (unpaired) electrons. The van der Waals surface area contributed by atoms with E-state index in [1.807, 2.05) is 19.2 Å². The van der Waals surface area contributed by atoms with E-state index in [1.54, 1.807) is 0 Å². The quantitative estimate of drug-likeness (QED) is 0.546. The Labute approximate surface area is 106 Å². The second-order valence-corrected chi connectivity index (χ2v) is 4.17. The fourth-order valence-electron chi connectivity index (χ4n) is 1.01. The van der Waals surface area contributed by atoms with E-state index >= 15 is 0 Å². The van der Waals surface area contributed by atoms with Gasteiger partial charge in [-0.25, -0.2) is 4.79 Å². The Morgan fingerprint density at radius 1 is 1.22 bits per heavy atom. The minimum absolute atomic E-state index is 0.216. The Hall–Kier alpha value is -1.63. The maximum absolute atomic E-state index is 11.1. The number of hydrogen-bond acceptors (Lipinski definition) is 4. The van der Waals surface area contributed by atoms with Crippen molar-refractivity contribution < 1.29 is 24.2 Å². The van der Waals surface area contributed by atoms with Gasteiger partial charge in [0.25, 0.3) is 0 Å². The summed E-state index contributed by atoms with van der Waals surface area (Å²) in [5.41, 5.74) is 0. The van der Waals surface area contributed by atoms with Crippen LogP contribution in [0.5, 0.6) is 0 Å². The molecule has 3 amide bonds. The fourth-order valence-corrected chi connectivity index (χ4v) is 1.01. The van der Waals surface area contributed by atoms with Crippen molar-refractivity contribution in [2.24, 2.45) is 5.92 Å². The first-order chi connectivity index (χ1) is 8.41. The van der Waals surface area contributed by atoms with E-state index in [4.69, 9.17) is 9.84 Å². The molecule has 0 atom stereocenters. The minimum atomic E-state index is -1.08. The van der Waals surface area contributed by atoms with Gasteiger partial charge < -0.3 is 15.2 Å². The molecule has 7 heteroatoms. The van der Waals surface area contributed by atoms with E-state index in [0.29, 0.717) is 25.7 Å². The summed E-state index contributed by atoms with van der Waals surface area (Å²) in [6.45, 7) is 5.31. The van der Waals surface area contributed by atoms with Crippen LogP contribution in [0.2, 0.25) is 0 Å². The minimum Gasteiger partial charge on any atom is -0.481 e. The molecule has 0 spiro atoms. The van der Waals surface area contributed by atoms with Crippen molar-refractivity contribution in [3.05, 3.63) is 0 Å². The predicted molar refractivity (Wildman–Crippen MR) is 64.1 cm³/mol. The van der Waals surface area contributed by atoms with Crippen LogP contribution in [0.4, 0.5) is 4.79 Å². The van der Waals surface area contributed by atoms with Crippen LogP contribution in [0.15, 0.2) is 0 Å². The highest BCUT2D eigenvalue weighted by Gasteiger charge is 2.08. The SMILES string of the molecule is CC(C)COCCNC(=O)NC(=O)CCC(=O)O. The van der Waals surface area contributed by atoms with Gasteiger partial charge in [0.2, 0.25) is 5.91 Å². The first-order valence-electron chi connectivity index (χ1n) is 5.79. The lowest BCUT2D eigenvalue weighted by atomic mass is 10.2. The highest BCUT2D eigenvalue weighted by molar-refractivity contribution is 5.95. The summed E-state index contributed by atoms with van der Waals surface area (Å²) < 4.78 is 5.22. The maximum atomic E-state index is 11.1. The first-order valence-corrected chi connectivity index (χ1v) is 5.79. The zero-order valence-corrected chi connectivity index (χ0v) is 10.7. The highest BCUT2D eigenvalue weighted by Crippen LogP contribution is 1.91. The van der Waals surface area contributed by atoms with Crippen LogP contribution in [0.25, 0.3) is 0 Å². The third kappa shape index (κ3) is 10.9. The summed E-state index contributed by atoms with van der Waals surface area (Å²) in [7, 11) is 0. The second-order valence-electron chi connectivity index (χ2n) is 4.17. The number of amides is 3. The van der Waals surface area contributed by atoms with Gasteiger partial charge in [0, 0.05) is 19.6 Å². The van der Waals surface area contributed by atoms with E-state index < -0.39 is 17.9 Å². The average molecular weight is 260 g/mol. The van der Waals surface area contributed by atoms with Crippen molar-refractivity contribution in [1.82, 2.24) is 10.6 Å². The summed E-state index contributed by atoms with van der Waals surface area (Å²) in [6.07, 6.45) is -0.511. The van der Waals surface area contributed by atoms with Crippen LogP contribution in [0, 0.1) is 5.92 Å². The van der Waals surface area contributed by atoms with E-state index in [2.05, 4.69) is 5.32 Å². The number of carboxylic acids is 1. The molecule has 0 aliphatic carbocycles. The summed E-state index contributed by atoms with van der Waals surface area (Å²) in [5.74, 6) is -1.26. The molecular weight excluding hydrogens is 240 g/mol. The topological polar surface area (TPSA) is 105 Å². The van der Waals surface area contributed by atoms with Gasteiger partial charge in [-0.2, -0.15) is 0 Å². The number of ether oxygens (including phenoxy) is 1. The van der Waals surface area contributed by atoms with E-state index in [9.17, 15) is 14.4 Å². The highest BCUT2D eigenvalue weighted by atomic mass is 16.5. The van der Waals surface area contributed by atoms with Crippen LogP contribution in [0.1, 0.15) is 26.7 Å². The van der Waals surface area contributed by atoms with E-state index in [1.165, 1.54) is 0 Å². The molecule has 0 saturated carbocycles. The van der Waals surface area contributed by atoms with Crippen molar-refractivity contribution >= 4 is 17.9 Å². The molecule has 0 fully saturated rings. The number of carbonyl (C=O) groups is 3. The first kappa shape index (κ1) is 16.4. The molecule has 7 nitrogen and oxygen atoms in total. The number of rotatable bonds is 8. The van der Waals surface area contributed by atoms with Gasteiger partial charge >= 0.3 is 12.0 Å². The monoisotopic (exact) mass is 260 g/mol. The predicted octanol–water partition coefficient (Wildman–Crippen LogP) is 0.350. The summed E-state index contributed by atoms with van der Waals surface area (Å²) in [6, 6.07) is -0.640. The van der Waals surface area contributed by atoms with Gasteiger partial charge in [-0.05, 0) is 5.92 Å². The van der Waals surface area contributed by atoms with Crippen LogP contribution in [-0.4, -0.2) is 42.8 Å². The zero-order chi connectivity index (χ0) is 14.0. The Balaban J connectivity index is 3.53. The maximum Gasteiger partial charge on any atom is 0.321 e. The van der Waals surface area contributed by atoms with Gasteiger partial charge in [-0.3, -0.25) is 14.9 Å². The van der Waals surface area contributed by atoms with Crippen molar-refractivity contribution in [3.63, 3.8) is 0 Å². The number of carboxylic acid groups (broad SMARTS) is 1. The van der Waals surface area contributed by atoms with Crippen LogP contribution in [-0.2, 0) is 14.3 Å². The molecule has 0 heterocycles. The Morgan fingerprint density at radius 3 is 2.44 bits per heavy atom. The molecule has 0 aromatic rings. The number of hydrogen-bond donors (Lipinski definition) is 3. The molecule has 0 aliphatic rings. The molecule has 0 rings (SSSR count). The normalized spacial score (nSPS) is 10.2. The molecule has 0 unspecified atom stereocenters. The van der Waals surface area contributed by atoms with Crippen LogP contribution >= 0.6 is 0 Å². The Bertz CT molecular complexity index is 291. The Morgan fingerprint density at radius 2 is 1.89 bits per heavy atom. The molecule has 0 aliphatic heterocycles. The fraction of sp³-hybridized carbons (Fsp3) is 0.727. The van der Waals surface area contributed by atoms with Crippen molar-refractivity contribution in [2.45, 2.75) is 26.7 Å². The van der Waals surface area contributed by atoms with E-state index in [0.717, 1.165) is 0 Å². The van der Waals surface area contributed by atoms with Gasteiger partial charge in [0.05, 0.1) is 13.0 Å². The largest absolute Gasteiger partial charge is 0.481 e. The molecule has 104 valence electrons. The van der Waals surface area contributed by atoms with Crippen molar-refractivity contribution in [1.29, 1.82) is 0 Å². The number of nitrogens with one attached hydrogen (secondary N) is 2. The summed E-state index contributed by atoms with van der Waals surface area (Å²) in [5, 5.41) is 12.8. The van der Waals surface area contributed by atoms with Crippen LogP contribution in [0.3, 0.4) is 0 Å². The number of carbonyl (C=O) groups excluding carboxylic acids is 2. The molecular formula is C11H20N2O5. The molecule has 3 N–H and O–H groups in total. The average Bonchev–Trinajstić information content (AvgIpc) is 2.25. The number of imide groups is 1. The molecule has 0 bridgehead atoms. The third-order valence-corrected chi connectivity index (χ3v) is 1.80. The van der Waals surface area contributed by atoms with Crippen LogP contribution < -0.4 is 10.6 Å². The second kappa shape index (κ2) is 9.41. The molecule has 0 aromatic carbocycles. The van der Waals surface area contributed by atoms with Gasteiger partial charge in [0.1, 0.15) is 0 Å². The van der Waals surface area contributed by atoms with Crippen molar-refractivity contribution in [2.75, 3.05) is 19.8 Å². The lowest BCUT2D eigenvalue weighted by Gasteiger charge is -2.08. The van der Waals surface area contributed by atoms with Gasteiger partial charge in [-0.1, -0.05) is 13.8 Å². The lowest BCUT2D eigenvalue weighted by Crippen LogP contribution is -2.40. The molecule has 0 aromatic heterocycles. The third-order valence-electron chi connectivity index (χ3n) is 1.80. The lowest BCUT2D eigenvalue weighted by molar-refractivity contribution is -0.138. The molecule has 18 heavy (non-hydrogen) atoms. The van der Waals surface area contributed by atoms with Gasteiger partial charge in [0.15, 0.2) is 0 Å². The van der Waals surface area contributed by atoms with E-state index in [-0.39, 0.29) is 12.8 Å². The smallest absolute Gasteiger partial charge is 0.321 e. The van der Waals surface area contributed by atoms with Crippen molar-refractivity contribution in [3.8, 4) is 0 Å². The number of aliphatic carboxylic acids is 1. The zero-order valence-electron chi connectivity index (χ0n) is 10.7. The Kier molecular flexibility index (Phi) is 8.55. The number of urea groups is 1. The molecule has 0 saturated heterocycles. The standard InChI is InChI=1S/C11H20N2O5/c1-8(2)7-18-6-5-12-11(17)13-9(14)3-4-10(15)16/h8H,3-7H2,1-2H3,(H,15,16)(H2,12,13,14,17).